The maximum absolute atomic E-state index is 14.8. The number of carbonyl (C=O) groups excluding carboxylic acids is 7. The number of phenols is 1. The predicted molar refractivity (Wildman–Crippen MR) is 293 cm³/mol. The Kier molecular flexibility index (Phi) is 23.6. The van der Waals surface area contributed by atoms with Crippen molar-refractivity contribution in [1.29, 1.82) is 0 Å². The van der Waals surface area contributed by atoms with Crippen LogP contribution in [-0.4, -0.2) is 156 Å². The van der Waals surface area contributed by atoms with Crippen LogP contribution in [0.1, 0.15) is 57.2 Å². The van der Waals surface area contributed by atoms with Crippen LogP contribution >= 0.6 is 25.3 Å². The molecule has 1 aromatic heterocycles. The molecule has 4 rings (SSSR count). The molecule has 18 N–H and O–H groups in total. The van der Waals surface area contributed by atoms with E-state index in [1.54, 1.807) is 54.7 Å². The second-order valence-electron chi connectivity index (χ2n) is 19.0. The number of aliphatic hydroxyl groups excluding tert-OH is 2. The number of hydrogen-bond donors (Lipinski definition) is 17. The second kappa shape index (κ2) is 29.2. The molecule has 26 heteroatoms. The van der Waals surface area contributed by atoms with Gasteiger partial charge in [0.05, 0.1) is 18.2 Å². The Morgan fingerprint density at radius 2 is 1.16 bits per heavy atom. The van der Waals surface area contributed by atoms with Crippen molar-refractivity contribution in [3.63, 3.8) is 0 Å². The molecule has 4 aromatic rings. The molecule has 3 aromatic carbocycles. The van der Waals surface area contributed by atoms with Gasteiger partial charge in [-0.2, -0.15) is 25.3 Å². The molecule has 0 aliphatic rings. The van der Waals surface area contributed by atoms with Gasteiger partial charge in [-0.3, -0.25) is 38.6 Å². The summed E-state index contributed by atoms with van der Waals surface area (Å²) in [5, 5.41) is 58.7. The number of hydrogen-bond acceptors (Lipinski definition) is 15. The predicted octanol–water partition coefficient (Wildman–Crippen LogP) is -1.84. The normalized spacial score (nSPS) is 15.3. The van der Waals surface area contributed by atoms with Gasteiger partial charge in [-0.25, -0.2) is 4.79 Å². The van der Waals surface area contributed by atoms with Crippen LogP contribution in [0.4, 0.5) is 0 Å². The molecule has 0 spiro atoms. The summed E-state index contributed by atoms with van der Waals surface area (Å²) in [5.41, 5.74) is 19.8. The molecular weight excluding hydrogens is 1040 g/mol. The van der Waals surface area contributed by atoms with E-state index in [2.05, 4.69) is 72.5 Å². The lowest BCUT2D eigenvalue weighted by Crippen LogP contribution is -2.64. The zero-order valence-corrected chi connectivity index (χ0v) is 44.7. The second-order valence-corrected chi connectivity index (χ2v) is 20.5. The van der Waals surface area contributed by atoms with Crippen LogP contribution in [-0.2, 0) is 57.6 Å². The fourth-order valence-electron chi connectivity index (χ4n) is 7.91. The number of fused-ring (bicyclic) bond motifs is 1. The summed E-state index contributed by atoms with van der Waals surface area (Å²) in [7, 11) is 0. The highest BCUT2D eigenvalue weighted by molar-refractivity contribution is 7.81. The van der Waals surface area contributed by atoms with Gasteiger partial charge in [0.2, 0.25) is 41.4 Å². The SMILES string of the molecule is CC(O)C(NC(=O)C(NC(=O)C(NC(=O)C(CCCN=C(N)N)NC(=O)C(Cc1c[nH]c2ccccc12)NC(=O)C(Cc1ccc(O)cc1)NC(=O)C(CS)NC(=O)C(N)Cc1ccccc1)C(C)O)C(C)(C)S)C(=O)O. The molecule has 24 nitrogen and oxygen atoms in total. The van der Waals surface area contributed by atoms with E-state index in [0.717, 1.165) is 12.5 Å². The summed E-state index contributed by atoms with van der Waals surface area (Å²) in [6.45, 7) is 5.12. The number of aromatic nitrogens is 1. The van der Waals surface area contributed by atoms with Crippen LogP contribution < -0.4 is 54.4 Å². The van der Waals surface area contributed by atoms with Gasteiger partial charge in [0, 0.05) is 47.0 Å². The van der Waals surface area contributed by atoms with E-state index in [0.29, 0.717) is 22.0 Å². The molecule has 10 atom stereocenters. The number of carbonyl (C=O) groups is 8. The van der Waals surface area contributed by atoms with Crippen LogP contribution in [0, 0.1) is 0 Å². The van der Waals surface area contributed by atoms with Crippen LogP contribution in [0.25, 0.3) is 10.9 Å². The van der Waals surface area contributed by atoms with E-state index in [-0.39, 0.29) is 56.1 Å². The Morgan fingerprint density at radius 3 is 1.73 bits per heavy atom. The fraction of sp³-hybridized carbons (Fsp3) is 0.431. The minimum absolute atomic E-state index is 0.0270. The molecule has 0 aliphatic heterocycles. The first-order valence-corrected chi connectivity index (χ1v) is 25.6. The number of guanidine groups is 1. The number of carboxylic acid groups (broad SMARTS) is 1. The van der Waals surface area contributed by atoms with Crippen molar-refractivity contribution in [2.24, 2.45) is 22.2 Å². The molecule has 0 saturated carbocycles. The van der Waals surface area contributed by atoms with Gasteiger partial charge in [0.25, 0.3) is 0 Å². The van der Waals surface area contributed by atoms with Crippen molar-refractivity contribution >= 4 is 89.4 Å². The largest absolute Gasteiger partial charge is 0.508 e. The monoisotopic (exact) mass is 1110 g/mol. The quantitative estimate of drug-likeness (QED) is 0.0123. The molecule has 0 saturated heterocycles. The summed E-state index contributed by atoms with van der Waals surface area (Å²) >= 11 is 8.71. The van der Waals surface area contributed by atoms with E-state index in [4.69, 9.17) is 17.2 Å². The zero-order chi connectivity index (χ0) is 57.1. The highest BCUT2D eigenvalue weighted by Gasteiger charge is 2.40. The number of para-hydroxylation sites is 1. The van der Waals surface area contributed by atoms with Gasteiger partial charge >= 0.3 is 5.97 Å². The first kappa shape index (κ1) is 62.2. The van der Waals surface area contributed by atoms with E-state index in [1.807, 2.05) is 6.07 Å². The molecule has 7 amide bonds. The number of aliphatic hydroxyl groups is 2. The molecule has 10 unspecified atom stereocenters. The number of rotatable bonds is 29. The number of aromatic hydroxyl groups is 1. The molecule has 0 radical (unpaired) electrons. The lowest BCUT2D eigenvalue weighted by Gasteiger charge is -2.33. The average molecular weight is 1110 g/mol. The first-order chi connectivity index (χ1) is 36.3. The number of aliphatic imine (C=N–C) groups is 1. The van der Waals surface area contributed by atoms with Gasteiger partial charge in [-0.05, 0) is 81.8 Å². The molecule has 0 aliphatic carbocycles. The number of nitrogens with two attached hydrogens (primary N) is 3. The Hall–Kier alpha value is -7.39. The number of phenolic OH excluding ortho intramolecular Hbond substituents is 1. The number of carboxylic acids is 1. The molecule has 0 fully saturated rings. The fourth-order valence-corrected chi connectivity index (χ4v) is 8.35. The van der Waals surface area contributed by atoms with E-state index in [9.17, 15) is 58.8 Å². The maximum Gasteiger partial charge on any atom is 0.328 e. The minimum Gasteiger partial charge on any atom is -0.508 e. The van der Waals surface area contributed by atoms with Crippen molar-refractivity contribution in [3.05, 3.63) is 102 Å². The van der Waals surface area contributed by atoms with Crippen molar-refractivity contribution in [1.82, 2.24) is 42.2 Å². The number of aromatic amines is 1. The number of amides is 7. The van der Waals surface area contributed by atoms with Gasteiger partial charge in [-0.15, -0.1) is 0 Å². The standard InChI is InChI=1S/C51H70N12O12S2/c1-26(64)39(47(72)63-41(51(3,4)77)48(73)62-40(27(2)65)49(74)75)61-43(68)35(15-10-20-55-50(53)54)57-45(70)37(23-30-24-56-34-14-9-8-13-32(30)34)59-44(69)36(22-29-16-18-31(66)19-17-29)58-46(71)38(25-76)60-42(67)33(52)21-28-11-6-5-7-12-28/h5-9,11-14,16-19,24,26-27,33,35-41,56,64-66,76-77H,10,15,20-23,25,52H2,1-4H3,(H,57,70)(H,58,71)(H,59,69)(H,60,67)(H,61,68)(H,62,73)(H,63,72)(H,74,75)(H4,53,54,55). The number of nitrogens with zero attached hydrogens (tertiary/aromatic N) is 1. The van der Waals surface area contributed by atoms with Crippen LogP contribution in [0.3, 0.4) is 0 Å². The summed E-state index contributed by atoms with van der Waals surface area (Å²) < 4.78 is -1.40. The molecule has 1 heterocycles. The number of nitrogens with one attached hydrogen (secondary N) is 8. The van der Waals surface area contributed by atoms with E-state index in [1.165, 1.54) is 45.0 Å². The van der Waals surface area contributed by atoms with Crippen molar-refractivity contribution in [2.45, 2.75) is 125 Å². The Labute approximate surface area is 455 Å². The Bertz CT molecular complexity index is 2700. The summed E-state index contributed by atoms with van der Waals surface area (Å²) in [6.07, 6.45) is -1.91. The third-order valence-corrected chi connectivity index (χ3v) is 12.8. The van der Waals surface area contributed by atoms with Gasteiger partial charge < -0.3 is 79.8 Å². The van der Waals surface area contributed by atoms with E-state index >= 15 is 0 Å². The van der Waals surface area contributed by atoms with Crippen molar-refractivity contribution < 1.29 is 58.8 Å². The van der Waals surface area contributed by atoms with Crippen LogP contribution in [0.2, 0.25) is 0 Å². The first-order valence-electron chi connectivity index (χ1n) is 24.5. The Balaban J connectivity index is 1.67. The average Bonchev–Trinajstić information content (AvgIpc) is 3.78. The highest BCUT2D eigenvalue weighted by atomic mass is 32.1. The topological polar surface area (TPSA) is 408 Å². The summed E-state index contributed by atoms with van der Waals surface area (Å²) in [5.74, 6) is -8.60. The zero-order valence-electron chi connectivity index (χ0n) is 42.9. The number of H-pyrrole nitrogens is 1. The molecular formula is C51H70N12O12S2. The molecule has 418 valence electrons. The summed E-state index contributed by atoms with van der Waals surface area (Å²) in [4.78, 5) is 117. The van der Waals surface area contributed by atoms with Crippen molar-refractivity contribution in [3.8, 4) is 5.75 Å². The van der Waals surface area contributed by atoms with Crippen LogP contribution in [0.5, 0.6) is 5.75 Å². The highest BCUT2D eigenvalue weighted by Crippen LogP contribution is 2.21. The number of benzene rings is 3. The van der Waals surface area contributed by atoms with Gasteiger partial charge in [0.1, 0.15) is 42.0 Å². The molecule has 0 bridgehead atoms. The third-order valence-electron chi connectivity index (χ3n) is 12.1. The number of thiol groups is 2. The lowest BCUT2D eigenvalue weighted by molar-refractivity contribution is -0.145. The lowest BCUT2D eigenvalue weighted by atomic mass is 9.99. The van der Waals surface area contributed by atoms with Gasteiger partial charge in [-0.1, -0.05) is 60.7 Å². The van der Waals surface area contributed by atoms with Crippen LogP contribution in [0.15, 0.2) is 90.1 Å². The smallest absolute Gasteiger partial charge is 0.328 e. The number of aliphatic carboxylic acids is 1. The maximum atomic E-state index is 14.8. The van der Waals surface area contributed by atoms with Crippen molar-refractivity contribution in [2.75, 3.05) is 12.3 Å². The van der Waals surface area contributed by atoms with E-state index < -0.39 is 113 Å². The third kappa shape index (κ3) is 19.3. The Morgan fingerprint density at radius 1 is 0.636 bits per heavy atom. The van der Waals surface area contributed by atoms with Gasteiger partial charge in [0.15, 0.2) is 12.0 Å². The minimum atomic E-state index is -1.81. The summed E-state index contributed by atoms with van der Waals surface area (Å²) in [6, 6.07) is 9.90. The molecule has 77 heavy (non-hydrogen) atoms.